The Labute approximate surface area is 94.2 Å². The van der Waals surface area contributed by atoms with Crippen LogP contribution < -0.4 is 0 Å². The van der Waals surface area contributed by atoms with Crippen molar-refractivity contribution in [1.29, 1.82) is 0 Å². The first-order chi connectivity index (χ1) is 7.29. The molecular weight excluding hydrogens is 246 g/mol. The van der Waals surface area contributed by atoms with E-state index in [0.717, 1.165) is 4.68 Å². The highest BCUT2D eigenvalue weighted by Gasteiger charge is 2.38. The lowest BCUT2D eigenvalue weighted by Gasteiger charge is -2.04. The van der Waals surface area contributed by atoms with Gasteiger partial charge < -0.3 is 10.2 Å². The van der Waals surface area contributed by atoms with E-state index in [9.17, 15) is 13.6 Å². The van der Waals surface area contributed by atoms with E-state index >= 15 is 0 Å². The number of nitrogens with zero attached hydrogens (tertiary/aromatic N) is 2. The first-order valence-electron chi connectivity index (χ1n) is 4.27. The van der Waals surface area contributed by atoms with Crippen LogP contribution in [0.15, 0.2) is 0 Å². The van der Waals surface area contributed by atoms with Crippen LogP contribution in [0.3, 0.4) is 0 Å². The number of hydrogen-bond donors (Lipinski definition) is 2. The van der Waals surface area contributed by atoms with Gasteiger partial charge in [-0.15, -0.1) is 0 Å². The summed E-state index contributed by atoms with van der Waals surface area (Å²) in [6, 6.07) is 0. The Morgan fingerprint density at radius 1 is 1.62 bits per heavy atom. The molecule has 90 valence electrons. The van der Waals surface area contributed by atoms with Gasteiger partial charge in [0.25, 0.3) is 0 Å². The molecular formula is C8H9ClF2N2O3. The second-order valence-corrected chi connectivity index (χ2v) is 3.53. The summed E-state index contributed by atoms with van der Waals surface area (Å²) in [6.07, 6.45) is 0. The standard InChI is InChI=1S/C8H9ClF2N2O3/c1-4-5(7(15)16)6(8(9,10)11)12-13(4)2-3-14/h14H,2-3H2,1H3,(H,15,16). The second kappa shape index (κ2) is 4.34. The molecule has 1 rings (SSSR count). The quantitative estimate of drug-likeness (QED) is 0.791. The molecule has 0 fully saturated rings. The minimum atomic E-state index is -3.85. The van der Waals surface area contributed by atoms with Crippen molar-refractivity contribution in [1.82, 2.24) is 9.78 Å². The third kappa shape index (κ3) is 2.30. The molecule has 1 heterocycles. The lowest BCUT2D eigenvalue weighted by atomic mass is 10.2. The third-order valence-corrected chi connectivity index (χ3v) is 2.18. The number of aliphatic hydroxyl groups is 1. The molecule has 2 N–H and O–H groups in total. The van der Waals surface area contributed by atoms with E-state index < -0.39 is 22.6 Å². The lowest BCUT2D eigenvalue weighted by molar-refractivity contribution is 0.0652. The van der Waals surface area contributed by atoms with Crippen LogP contribution in [0.4, 0.5) is 8.78 Å². The molecule has 0 aromatic carbocycles. The van der Waals surface area contributed by atoms with Crippen LogP contribution in [0.1, 0.15) is 21.7 Å². The second-order valence-electron chi connectivity index (χ2n) is 3.06. The predicted molar refractivity (Wildman–Crippen MR) is 50.8 cm³/mol. The average Bonchev–Trinajstić information content (AvgIpc) is 2.44. The molecule has 1 aromatic heterocycles. The van der Waals surface area contributed by atoms with Crippen molar-refractivity contribution in [3.8, 4) is 0 Å². The SMILES string of the molecule is Cc1c(C(=O)O)c(C(F)(F)Cl)nn1CCO. The first kappa shape index (κ1) is 12.9. The topological polar surface area (TPSA) is 75.3 Å². The van der Waals surface area contributed by atoms with Gasteiger partial charge in [-0.2, -0.15) is 13.9 Å². The van der Waals surface area contributed by atoms with Gasteiger partial charge >= 0.3 is 11.4 Å². The molecule has 0 aliphatic rings. The maximum atomic E-state index is 12.9. The maximum absolute atomic E-state index is 12.9. The molecule has 0 radical (unpaired) electrons. The maximum Gasteiger partial charge on any atom is 0.367 e. The molecule has 16 heavy (non-hydrogen) atoms. The number of carbonyl (C=O) groups is 1. The van der Waals surface area contributed by atoms with E-state index in [2.05, 4.69) is 5.10 Å². The average molecular weight is 255 g/mol. The van der Waals surface area contributed by atoms with Gasteiger partial charge in [-0.1, -0.05) is 0 Å². The van der Waals surface area contributed by atoms with E-state index in [1.165, 1.54) is 6.92 Å². The van der Waals surface area contributed by atoms with Crippen molar-refractivity contribution < 1.29 is 23.8 Å². The molecule has 0 aliphatic heterocycles. The molecule has 0 saturated heterocycles. The van der Waals surface area contributed by atoms with Crippen LogP contribution in [0.2, 0.25) is 0 Å². The fourth-order valence-corrected chi connectivity index (χ4v) is 1.45. The molecule has 0 bridgehead atoms. The minimum absolute atomic E-state index is 0.0249. The number of carboxylic acid groups (broad SMARTS) is 1. The Kier molecular flexibility index (Phi) is 3.49. The Morgan fingerprint density at radius 3 is 2.50 bits per heavy atom. The lowest BCUT2D eigenvalue weighted by Crippen LogP contribution is -2.11. The largest absolute Gasteiger partial charge is 0.478 e. The number of aromatic nitrogens is 2. The zero-order chi connectivity index (χ0) is 12.5. The number of aliphatic hydroxyl groups excluding tert-OH is 1. The number of alkyl halides is 3. The summed E-state index contributed by atoms with van der Waals surface area (Å²) >= 11 is 4.76. The number of rotatable bonds is 4. The van der Waals surface area contributed by atoms with Crippen LogP contribution in [-0.4, -0.2) is 32.6 Å². The van der Waals surface area contributed by atoms with Crippen molar-refractivity contribution >= 4 is 17.6 Å². The minimum Gasteiger partial charge on any atom is -0.478 e. The summed E-state index contributed by atoms with van der Waals surface area (Å²) in [5.74, 6) is -1.53. The number of aromatic carboxylic acids is 1. The van der Waals surface area contributed by atoms with E-state index in [-0.39, 0.29) is 18.8 Å². The van der Waals surface area contributed by atoms with Crippen LogP contribution >= 0.6 is 11.6 Å². The van der Waals surface area contributed by atoms with E-state index in [4.69, 9.17) is 21.8 Å². The fraction of sp³-hybridized carbons (Fsp3) is 0.500. The van der Waals surface area contributed by atoms with Crippen molar-refractivity contribution in [2.45, 2.75) is 18.9 Å². The van der Waals surface area contributed by atoms with Crippen LogP contribution in [0, 0.1) is 6.92 Å². The van der Waals surface area contributed by atoms with Crippen LogP contribution in [0.5, 0.6) is 0 Å². The Morgan fingerprint density at radius 2 is 2.19 bits per heavy atom. The molecule has 1 aromatic rings. The van der Waals surface area contributed by atoms with Gasteiger partial charge in [-0.05, 0) is 18.5 Å². The first-order valence-corrected chi connectivity index (χ1v) is 4.65. The summed E-state index contributed by atoms with van der Waals surface area (Å²) in [5.41, 5.74) is -1.61. The summed E-state index contributed by atoms with van der Waals surface area (Å²) in [6.45, 7) is 0.909. The highest BCUT2D eigenvalue weighted by atomic mass is 35.5. The number of halogens is 3. The van der Waals surface area contributed by atoms with Crippen molar-refractivity contribution in [2.75, 3.05) is 6.61 Å². The number of hydrogen-bond acceptors (Lipinski definition) is 3. The zero-order valence-electron chi connectivity index (χ0n) is 8.25. The van der Waals surface area contributed by atoms with Crippen molar-refractivity contribution in [2.24, 2.45) is 0 Å². The highest BCUT2D eigenvalue weighted by molar-refractivity contribution is 6.22. The fourth-order valence-electron chi connectivity index (χ4n) is 1.31. The molecule has 0 saturated carbocycles. The van der Waals surface area contributed by atoms with Gasteiger partial charge in [-0.3, -0.25) is 4.68 Å². The Balaban J connectivity index is 3.37. The molecule has 0 aliphatic carbocycles. The smallest absolute Gasteiger partial charge is 0.367 e. The normalized spacial score (nSPS) is 11.8. The van der Waals surface area contributed by atoms with Crippen molar-refractivity contribution in [3.63, 3.8) is 0 Å². The zero-order valence-corrected chi connectivity index (χ0v) is 9.00. The van der Waals surface area contributed by atoms with E-state index in [0.29, 0.717) is 0 Å². The summed E-state index contributed by atoms with van der Waals surface area (Å²) < 4.78 is 26.7. The van der Waals surface area contributed by atoms with Crippen molar-refractivity contribution in [3.05, 3.63) is 17.0 Å². The number of carboxylic acids is 1. The van der Waals surface area contributed by atoms with Crippen LogP contribution in [0.25, 0.3) is 0 Å². The van der Waals surface area contributed by atoms with Gasteiger partial charge in [0, 0.05) is 0 Å². The predicted octanol–water partition coefficient (Wildman–Crippen LogP) is 1.17. The molecule has 0 atom stereocenters. The molecule has 0 unspecified atom stereocenters. The van der Waals surface area contributed by atoms with Gasteiger partial charge in [0.15, 0.2) is 5.69 Å². The summed E-state index contributed by atoms with van der Waals surface area (Å²) in [7, 11) is 0. The molecule has 0 amide bonds. The Hall–Kier alpha value is -1.21. The molecule has 0 spiro atoms. The molecule has 5 nitrogen and oxygen atoms in total. The van der Waals surface area contributed by atoms with E-state index in [1.54, 1.807) is 0 Å². The summed E-state index contributed by atoms with van der Waals surface area (Å²) in [4.78, 5) is 10.8. The van der Waals surface area contributed by atoms with Gasteiger partial charge in [0.05, 0.1) is 18.8 Å². The summed E-state index contributed by atoms with van der Waals surface area (Å²) in [5, 5.41) is 17.0. The Bertz CT molecular complexity index is 414. The van der Waals surface area contributed by atoms with Gasteiger partial charge in [-0.25, -0.2) is 4.79 Å². The third-order valence-electron chi connectivity index (χ3n) is 2.00. The monoisotopic (exact) mass is 254 g/mol. The van der Waals surface area contributed by atoms with Gasteiger partial charge in [0.1, 0.15) is 5.56 Å². The van der Waals surface area contributed by atoms with Crippen LogP contribution in [-0.2, 0) is 11.9 Å². The highest BCUT2D eigenvalue weighted by Crippen LogP contribution is 2.34. The van der Waals surface area contributed by atoms with Gasteiger partial charge in [0.2, 0.25) is 0 Å². The molecule has 8 heteroatoms. The van der Waals surface area contributed by atoms with E-state index in [1.807, 2.05) is 0 Å².